The van der Waals surface area contributed by atoms with Crippen LogP contribution in [0.2, 0.25) is 0 Å². The number of nitrogens with zero attached hydrogens (tertiary/aromatic N) is 2. The molecule has 10 heteroatoms. The molecule has 0 spiro atoms. The Bertz CT molecular complexity index is 1340. The number of hydrogen-bond acceptors (Lipinski definition) is 6. The number of aromatic nitrogens is 2. The van der Waals surface area contributed by atoms with E-state index in [2.05, 4.69) is 39.1 Å². The predicted octanol–water partition coefficient (Wildman–Crippen LogP) is 6.83. The van der Waals surface area contributed by atoms with Crippen LogP contribution in [0, 0.1) is 0 Å². The maximum absolute atomic E-state index is 13.6. The van der Waals surface area contributed by atoms with Gasteiger partial charge in [-0.15, -0.1) is 0 Å². The van der Waals surface area contributed by atoms with Crippen LogP contribution in [-0.4, -0.2) is 15.9 Å². The molecule has 0 saturated carbocycles. The Kier molecular flexibility index (Phi) is 8.82. The van der Waals surface area contributed by atoms with E-state index < -0.39 is 23.5 Å². The summed E-state index contributed by atoms with van der Waals surface area (Å²) in [7, 11) is 0. The molecule has 3 N–H and O–H groups in total. The maximum atomic E-state index is 13.6. The number of allylic oxidation sites excluding steroid dienone is 4. The van der Waals surface area contributed by atoms with Crippen LogP contribution in [0.15, 0.2) is 110 Å². The van der Waals surface area contributed by atoms with Crippen LogP contribution in [0.25, 0.3) is 0 Å². The van der Waals surface area contributed by atoms with Gasteiger partial charge in [-0.2, -0.15) is 18.2 Å². The normalized spacial score (nSPS) is 11.9. The highest BCUT2D eigenvalue weighted by molar-refractivity contribution is 5.99. The fourth-order valence-corrected chi connectivity index (χ4v) is 2.95. The van der Waals surface area contributed by atoms with Crippen LogP contribution < -0.4 is 20.7 Å². The summed E-state index contributed by atoms with van der Waals surface area (Å²) in [5.74, 6) is 0.0701. The molecule has 3 aromatic rings. The Balaban J connectivity index is 1.83. The van der Waals surface area contributed by atoms with Gasteiger partial charge in [-0.05, 0) is 61.6 Å². The summed E-state index contributed by atoms with van der Waals surface area (Å²) in [4.78, 5) is 19.3. The number of carbonyl (C=O) groups excluding carboxylic acids is 1. The zero-order valence-electron chi connectivity index (χ0n) is 19.8. The molecular formula is C27H24F3N5O2. The first kappa shape index (κ1) is 26.7. The van der Waals surface area contributed by atoms with Gasteiger partial charge < -0.3 is 20.7 Å². The molecule has 0 aliphatic heterocycles. The van der Waals surface area contributed by atoms with Crippen molar-refractivity contribution in [3.05, 3.63) is 115 Å². The molecule has 190 valence electrons. The molecule has 2 aromatic carbocycles. The second-order valence-electron chi connectivity index (χ2n) is 7.52. The molecule has 0 atom stereocenters. The molecular weight excluding hydrogens is 483 g/mol. The number of halogens is 3. The monoisotopic (exact) mass is 507 g/mol. The number of alkyl halides is 3. The summed E-state index contributed by atoms with van der Waals surface area (Å²) in [6.45, 7) is 8.67. The third-order valence-electron chi connectivity index (χ3n) is 4.66. The number of amides is 1. The van der Waals surface area contributed by atoms with E-state index in [1.165, 1.54) is 6.08 Å². The van der Waals surface area contributed by atoms with E-state index in [0.717, 1.165) is 6.08 Å². The number of ether oxygens (including phenoxy) is 1. The number of rotatable bonds is 10. The van der Waals surface area contributed by atoms with Crippen molar-refractivity contribution >= 4 is 29.0 Å². The summed E-state index contributed by atoms with van der Waals surface area (Å²) in [5, 5.41) is 8.12. The average Bonchev–Trinajstić information content (AvgIpc) is 2.86. The molecule has 0 radical (unpaired) electrons. The number of benzene rings is 2. The molecule has 3 rings (SSSR count). The Hall–Kier alpha value is -4.86. The van der Waals surface area contributed by atoms with Gasteiger partial charge in [0.15, 0.2) is 0 Å². The lowest BCUT2D eigenvalue weighted by Gasteiger charge is -2.15. The summed E-state index contributed by atoms with van der Waals surface area (Å²) in [6, 6.07) is 15.5. The average molecular weight is 508 g/mol. The van der Waals surface area contributed by atoms with Gasteiger partial charge in [0.05, 0.1) is 0 Å². The van der Waals surface area contributed by atoms with Gasteiger partial charge in [0, 0.05) is 23.3 Å². The van der Waals surface area contributed by atoms with Crippen LogP contribution in [0.1, 0.15) is 12.5 Å². The third-order valence-corrected chi connectivity index (χ3v) is 4.66. The zero-order valence-corrected chi connectivity index (χ0v) is 19.8. The van der Waals surface area contributed by atoms with Crippen molar-refractivity contribution in [3.8, 4) is 5.75 Å². The molecule has 1 amide bonds. The molecule has 0 aliphatic rings. The number of anilines is 4. The molecule has 37 heavy (non-hydrogen) atoms. The fraction of sp³-hybridized carbons (Fsp3) is 0.0741. The molecule has 1 heterocycles. The second-order valence-corrected chi connectivity index (χ2v) is 7.52. The van der Waals surface area contributed by atoms with Crippen molar-refractivity contribution in [1.82, 2.24) is 9.97 Å². The summed E-state index contributed by atoms with van der Waals surface area (Å²) in [6.07, 6.45) is 1.72. The van der Waals surface area contributed by atoms with Gasteiger partial charge in [-0.1, -0.05) is 37.4 Å². The highest BCUT2D eigenvalue weighted by Crippen LogP contribution is 2.34. The molecule has 0 unspecified atom stereocenters. The SMILES string of the molecule is C=CC(=O)Nc1cccc(Nc2ncc(C(F)(F)F)c(N/C(C)=C/C=C(\C=C)Oc3ccccc3)n2)c1. The molecule has 0 fully saturated rings. The number of hydrogen-bond donors (Lipinski definition) is 3. The van der Waals surface area contributed by atoms with Crippen LogP contribution >= 0.6 is 0 Å². The summed E-state index contributed by atoms with van der Waals surface area (Å²) >= 11 is 0. The van der Waals surface area contributed by atoms with Gasteiger partial charge in [0.25, 0.3) is 0 Å². The minimum Gasteiger partial charge on any atom is -0.457 e. The third kappa shape index (κ3) is 8.10. The molecule has 0 aliphatic carbocycles. The zero-order chi connectivity index (χ0) is 26.8. The van der Waals surface area contributed by atoms with E-state index in [0.29, 0.717) is 34.8 Å². The van der Waals surface area contributed by atoms with Gasteiger partial charge in [-0.25, -0.2) is 4.98 Å². The van der Waals surface area contributed by atoms with Crippen molar-refractivity contribution in [2.75, 3.05) is 16.0 Å². The minimum absolute atomic E-state index is 0.0785. The minimum atomic E-state index is -4.69. The van der Waals surface area contributed by atoms with E-state index in [9.17, 15) is 18.0 Å². The van der Waals surface area contributed by atoms with Gasteiger partial charge in [0.1, 0.15) is 22.9 Å². The van der Waals surface area contributed by atoms with Gasteiger partial charge in [-0.3, -0.25) is 4.79 Å². The Morgan fingerprint density at radius 3 is 2.38 bits per heavy atom. The smallest absolute Gasteiger partial charge is 0.421 e. The lowest BCUT2D eigenvalue weighted by atomic mass is 10.2. The maximum Gasteiger partial charge on any atom is 0.421 e. The van der Waals surface area contributed by atoms with Crippen molar-refractivity contribution < 1.29 is 22.7 Å². The second kappa shape index (κ2) is 12.2. The number of nitrogens with one attached hydrogen (secondary N) is 3. The summed E-state index contributed by atoms with van der Waals surface area (Å²) in [5.41, 5.74) is 0.240. The van der Waals surface area contributed by atoms with E-state index in [-0.39, 0.29) is 5.95 Å². The van der Waals surface area contributed by atoms with Gasteiger partial charge in [0.2, 0.25) is 11.9 Å². The van der Waals surface area contributed by atoms with Crippen molar-refractivity contribution in [2.45, 2.75) is 13.1 Å². The highest BCUT2D eigenvalue weighted by atomic mass is 19.4. The number of para-hydroxylation sites is 1. The predicted molar refractivity (Wildman–Crippen MR) is 138 cm³/mol. The summed E-state index contributed by atoms with van der Waals surface area (Å²) < 4.78 is 46.6. The first-order valence-corrected chi connectivity index (χ1v) is 10.9. The molecule has 1 aromatic heterocycles. The lowest BCUT2D eigenvalue weighted by molar-refractivity contribution is -0.137. The standard InChI is InChI=1S/C27H24F3N5O2/c1-4-21(37-22-12-7-6-8-13-22)15-14-18(3)32-25-23(27(28,29)30)17-31-26(35-25)34-20-11-9-10-19(16-20)33-24(36)5-2/h4-17H,1-2H2,3H3,(H,33,36)(H2,31,32,34,35)/b18-14+,21-15+. The van der Waals surface area contributed by atoms with Crippen LogP contribution in [-0.2, 0) is 11.0 Å². The van der Waals surface area contributed by atoms with Gasteiger partial charge >= 0.3 is 6.18 Å². The highest BCUT2D eigenvalue weighted by Gasteiger charge is 2.35. The first-order valence-electron chi connectivity index (χ1n) is 10.9. The van der Waals surface area contributed by atoms with Crippen LogP contribution in [0.5, 0.6) is 5.75 Å². The van der Waals surface area contributed by atoms with Crippen molar-refractivity contribution in [2.24, 2.45) is 0 Å². The molecule has 0 bridgehead atoms. The van der Waals surface area contributed by atoms with E-state index in [1.807, 2.05) is 18.2 Å². The van der Waals surface area contributed by atoms with Crippen molar-refractivity contribution in [3.63, 3.8) is 0 Å². The van der Waals surface area contributed by atoms with Crippen molar-refractivity contribution in [1.29, 1.82) is 0 Å². The van der Waals surface area contributed by atoms with Crippen LogP contribution in [0.3, 0.4) is 0 Å². The largest absolute Gasteiger partial charge is 0.457 e. The Labute approximate surface area is 212 Å². The van der Waals surface area contributed by atoms with E-state index in [1.54, 1.807) is 55.5 Å². The Morgan fingerprint density at radius 2 is 1.70 bits per heavy atom. The first-order chi connectivity index (χ1) is 17.7. The topological polar surface area (TPSA) is 88.2 Å². The lowest BCUT2D eigenvalue weighted by Crippen LogP contribution is -2.14. The molecule has 7 nitrogen and oxygen atoms in total. The fourth-order valence-electron chi connectivity index (χ4n) is 2.95. The quantitative estimate of drug-likeness (QED) is 0.158. The van der Waals surface area contributed by atoms with E-state index in [4.69, 9.17) is 4.74 Å². The Morgan fingerprint density at radius 1 is 0.973 bits per heavy atom. The molecule has 0 saturated heterocycles. The van der Waals surface area contributed by atoms with E-state index >= 15 is 0 Å². The van der Waals surface area contributed by atoms with Crippen LogP contribution in [0.4, 0.5) is 36.3 Å². The number of carbonyl (C=O) groups is 1.